The molecule has 0 saturated heterocycles. The van der Waals surface area contributed by atoms with Crippen LogP contribution in [-0.2, 0) is 32.7 Å². The van der Waals surface area contributed by atoms with E-state index in [1.807, 2.05) is 33.1 Å². The van der Waals surface area contributed by atoms with Gasteiger partial charge in [-0.2, -0.15) is 0 Å². The number of nitro benzene ring substituents is 1. The maximum absolute atomic E-state index is 12.8. The number of ether oxygens (including phenoxy) is 2. The van der Waals surface area contributed by atoms with Crippen LogP contribution in [-0.4, -0.2) is 104 Å². The second-order valence-corrected chi connectivity index (χ2v) is 18.2. The summed E-state index contributed by atoms with van der Waals surface area (Å²) in [6.45, 7) is 2.77. The van der Waals surface area contributed by atoms with E-state index in [9.17, 15) is 29.2 Å². The lowest BCUT2D eigenvalue weighted by Gasteiger charge is -2.24. The Morgan fingerprint density at radius 3 is 1.83 bits per heavy atom. The molecule has 0 fully saturated rings. The van der Waals surface area contributed by atoms with Gasteiger partial charge in [0.1, 0.15) is 19.8 Å². The molecule has 0 amide bonds. The molecule has 1 unspecified atom stereocenters. The van der Waals surface area contributed by atoms with Gasteiger partial charge in [-0.3, -0.25) is 28.8 Å². The normalized spacial score (nSPS) is 13.3. The van der Waals surface area contributed by atoms with Crippen molar-refractivity contribution in [1.82, 2.24) is 10.3 Å². The molecule has 0 aliphatic rings. The number of non-ortho nitro benzene ring substituents is 1. The zero-order valence-electron chi connectivity index (χ0n) is 36.7. The largest absolute Gasteiger partial charge is 0.472 e. The molecule has 2 rings (SSSR count). The van der Waals surface area contributed by atoms with Gasteiger partial charge in [-0.1, -0.05) is 122 Å². The Hall–Kier alpha value is -3.17. The number of nitrogens with zero attached hydrogens (tertiary/aromatic N) is 5. The van der Waals surface area contributed by atoms with E-state index >= 15 is 0 Å². The van der Waals surface area contributed by atoms with Crippen molar-refractivity contribution in [3.8, 4) is 0 Å². The molecule has 0 spiro atoms. The van der Waals surface area contributed by atoms with Gasteiger partial charge in [0.2, 0.25) is 5.52 Å². The van der Waals surface area contributed by atoms with E-state index in [1.54, 1.807) is 6.07 Å². The van der Waals surface area contributed by atoms with Crippen molar-refractivity contribution in [2.45, 2.75) is 161 Å². The molecule has 1 N–H and O–H groups in total. The Balaban J connectivity index is 1.64. The second kappa shape index (κ2) is 30.0. The second-order valence-electron chi connectivity index (χ2n) is 16.7. The smallest absolute Gasteiger partial charge is 0.462 e. The van der Waals surface area contributed by atoms with Crippen molar-refractivity contribution in [3.63, 3.8) is 0 Å². The summed E-state index contributed by atoms with van der Waals surface area (Å²) in [4.78, 5) is 48.2. The van der Waals surface area contributed by atoms with Crippen LogP contribution in [0.4, 0.5) is 11.4 Å². The summed E-state index contributed by atoms with van der Waals surface area (Å²) >= 11 is 0. The molecule has 2 aromatic rings. The number of fused-ring (bicyclic) bond motifs is 1. The van der Waals surface area contributed by atoms with Crippen LogP contribution in [0.2, 0.25) is 0 Å². The van der Waals surface area contributed by atoms with E-state index in [1.165, 1.54) is 70.3 Å². The highest BCUT2D eigenvalue weighted by Gasteiger charge is 2.27. The summed E-state index contributed by atoms with van der Waals surface area (Å²) in [5.74, 6) is -0.886. The van der Waals surface area contributed by atoms with E-state index in [4.69, 9.17) is 23.2 Å². The molecule has 0 radical (unpaired) electrons. The molecule has 0 saturated carbocycles. The number of anilines is 1. The fraction of sp³-hybridized carbons (Fsp3) is 0.810. The third-order valence-electron chi connectivity index (χ3n) is 10.3. The van der Waals surface area contributed by atoms with Gasteiger partial charge in [-0.15, -0.1) is 0 Å². The molecule has 2 atom stereocenters. The molecule has 17 heteroatoms. The minimum atomic E-state index is -4.41. The first kappa shape index (κ1) is 52.0. The highest BCUT2D eigenvalue weighted by Crippen LogP contribution is 2.43. The predicted octanol–water partition coefficient (Wildman–Crippen LogP) is 9.85. The van der Waals surface area contributed by atoms with Crippen LogP contribution >= 0.6 is 7.82 Å². The predicted molar refractivity (Wildman–Crippen MR) is 229 cm³/mol. The van der Waals surface area contributed by atoms with Crippen molar-refractivity contribution in [3.05, 3.63) is 22.2 Å². The van der Waals surface area contributed by atoms with Gasteiger partial charge >= 0.3 is 25.4 Å². The molecule has 1 aromatic carbocycles. The van der Waals surface area contributed by atoms with Crippen LogP contribution in [0.25, 0.3) is 11.0 Å². The Morgan fingerprint density at radius 1 is 0.780 bits per heavy atom. The van der Waals surface area contributed by atoms with Crippen LogP contribution in [0, 0.1) is 10.1 Å². The van der Waals surface area contributed by atoms with E-state index < -0.39 is 37.4 Å². The lowest BCUT2D eigenvalue weighted by Crippen LogP contribution is -2.37. The van der Waals surface area contributed by atoms with Gasteiger partial charge < -0.3 is 23.8 Å². The van der Waals surface area contributed by atoms with Crippen molar-refractivity contribution in [1.29, 1.82) is 0 Å². The van der Waals surface area contributed by atoms with Crippen LogP contribution in [0.5, 0.6) is 0 Å². The number of unbranched alkanes of at least 4 members (excludes halogenated alkanes) is 19. The number of hydrogen-bond donors (Lipinski definition) is 1. The zero-order chi connectivity index (χ0) is 43.4. The number of hydrogen-bond acceptors (Lipinski definition) is 13. The van der Waals surface area contributed by atoms with Gasteiger partial charge in [0.15, 0.2) is 11.6 Å². The van der Waals surface area contributed by atoms with Gasteiger partial charge in [0, 0.05) is 32.5 Å². The number of aromatic nitrogens is 2. The molecule has 0 aliphatic heterocycles. The number of likely N-dealkylation sites (N-methyl/N-ethyl adjacent to an activating group) is 1. The number of rotatable bonds is 37. The number of esters is 2. The summed E-state index contributed by atoms with van der Waals surface area (Å²) in [6, 6.07) is 3.09. The van der Waals surface area contributed by atoms with Gasteiger partial charge in [0.25, 0.3) is 0 Å². The number of nitro groups is 1. The van der Waals surface area contributed by atoms with Crippen LogP contribution in [0.15, 0.2) is 16.8 Å². The quantitative estimate of drug-likeness (QED) is 0.0168. The monoisotopic (exact) mass is 857 g/mol. The third-order valence-corrected chi connectivity index (χ3v) is 11.2. The summed E-state index contributed by atoms with van der Waals surface area (Å²) in [5.41, 5.74) is 1.12. The van der Waals surface area contributed by atoms with Crippen LogP contribution in [0.1, 0.15) is 155 Å². The molecular weight excluding hydrogens is 781 g/mol. The van der Waals surface area contributed by atoms with Crippen molar-refractivity contribution in [2.75, 3.05) is 66.0 Å². The molecule has 1 heterocycles. The topological polar surface area (TPSA) is 194 Å². The molecule has 59 heavy (non-hydrogen) atoms. The average Bonchev–Trinajstić information content (AvgIpc) is 3.67. The van der Waals surface area contributed by atoms with E-state index in [-0.39, 0.29) is 37.3 Å². The van der Waals surface area contributed by atoms with Gasteiger partial charge in [-0.05, 0) is 35.6 Å². The van der Waals surface area contributed by atoms with E-state index in [0.29, 0.717) is 23.0 Å². The molecule has 0 aliphatic carbocycles. The first-order valence-corrected chi connectivity index (χ1v) is 23.6. The fourth-order valence-corrected chi connectivity index (χ4v) is 7.39. The van der Waals surface area contributed by atoms with Crippen LogP contribution < -0.4 is 4.90 Å². The summed E-state index contributed by atoms with van der Waals surface area (Å²) < 4.78 is 39.0. The standard InChI is InChI=1S/C42H74N5O11P/c1-6-7-8-9-10-11-12-13-14-15-18-21-24-27-39(48)54-34-36(35-56-59(52,53)55-33-32-47(3,4)5)57-40(49)28-25-22-19-16-17-20-23-26-31-45(2)37-29-30-38(46(50)51)42-41(37)43-58-44-42/h29-30,36H,6-28,31-35H2,1-5H3/p+1/t36-/m1/s1. The van der Waals surface area contributed by atoms with E-state index in [0.717, 1.165) is 76.4 Å². The lowest BCUT2D eigenvalue weighted by atomic mass is 10.0. The first-order chi connectivity index (χ1) is 28.2. The Morgan fingerprint density at radius 2 is 1.29 bits per heavy atom. The fourth-order valence-electron chi connectivity index (χ4n) is 6.65. The molecule has 16 nitrogen and oxygen atoms in total. The molecular formula is C42H75N5O11P+. The highest BCUT2D eigenvalue weighted by molar-refractivity contribution is 7.47. The van der Waals surface area contributed by atoms with Crippen molar-refractivity contribution < 1.29 is 51.6 Å². The molecule has 0 bridgehead atoms. The number of benzene rings is 1. The van der Waals surface area contributed by atoms with Gasteiger partial charge in [0.05, 0.1) is 38.4 Å². The number of phosphoric ester groups is 1. The summed E-state index contributed by atoms with van der Waals surface area (Å²) in [7, 11) is 3.29. The third kappa shape index (κ3) is 24.6. The minimum absolute atomic E-state index is 0.00310. The summed E-state index contributed by atoms with van der Waals surface area (Å²) in [5, 5.41) is 18.8. The van der Waals surface area contributed by atoms with E-state index in [2.05, 4.69) is 17.2 Å². The Labute approximate surface area is 352 Å². The van der Waals surface area contributed by atoms with Gasteiger partial charge in [-0.25, -0.2) is 9.19 Å². The maximum atomic E-state index is 12.8. The first-order valence-electron chi connectivity index (χ1n) is 22.1. The van der Waals surface area contributed by atoms with Crippen LogP contribution in [0.3, 0.4) is 0 Å². The molecule has 338 valence electrons. The molecule has 1 aromatic heterocycles. The maximum Gasteiger partial charge on any atom is 0.472 e. The Kier molecular flexibility index (Phi) is 26.4. The van der Waals surface area contributed by atoms with Crippen molar-refractivity contribution >= 4 is 42.2 Å². The number of quaternary nitrogens is 1. The lowest BCUT2D eigenvalue weighted by molar-refractivity contribution is -0.870. The Bertz CT molecular complexity index is 1520. The van der Waals surface area contributed by atoms with Crippen molar-refractivity contribution in [2.24, 2.45) is 0 Å². The zero-order valence-corrected chi connectivity index (χ0v) is 37.6. The average molecular weight is 857 g/mol. The summed E-state index contributed by atoms with van der Waals surface area (Å²) in [6.07, 6.45) is 22.6. The number of carbonyl (C=O) groups is 2. The highest BCUT2D eigenvalue weighted by atomic mass is 31.2. The SMILES string of the molecule is CCCCCCCCCCCCCCCC(=O)OC[C@H](COP(=O)(O)OCC[N+](C)(C)C)OC(=O)CCCCCCCCCCN(C)c1ccc([N+](=O)[O-])c2nonc12. The minimum Gasteiger partial charge on any atom is -0.462 e. The number of carbonyl (C=O) groups excluding carboxylic acids is 2. The number of phosphoric acid groups is 1.